The highest BCUT2D eigenvalue weighted by Crippen LogP contribution is 2.36. The molecule has 0 N–H and O–H groups in total. The predicted octanol–water partition coefficient (Wildman–Crippen LogP) is 3.06. The van der Waals surface area contributed by atoms with Crippen LogP contribution in [0.5, 0.6) is 5.75 Å². The molecule has 0 atom stereocenters. The van der Waals surface area contributed by atoms with Crippen LogP contribution in [0.15, 0.2) is 36.4 Å². The van der Waals surface area contributed by atoms with Gasteiger partial charge in [-0.05, 0) is 56.1 Å². The number of hydrogen-bond acceptors (Lipinski definition) is 4. The highest BCUT2D eigenvalue weighted by atomic mass is 16.7. The first-order chi connectivity index (χ1) is 10.7. The molecule has 0 unspecified atom stereocenters. The average molecular weight is 312 g/mol. The minimum Gasteiger partial charge on any atom is -0.427 e. The van der Waals surface area contributed by atoms with Crippen molar-refractivity contribution in [1.82, 2.24) is 0 Å². The van der Waals surface area contributed by atoms with Gasteiger partial charge in [0.25, 0.3) is 0 Å². The number of carbonyl (C=O) groups excluding carboxylic acids is 1. The van der Waals surface area contributed by atoms with Crippen LogP contribution in [0, 0.1) is 0 Å². The molecule has 0 radical (unpaired) electrons. The monoisotopic (exact) mass is 312 g/mol. The van der Waals surface area contributed by atoms with E-state index in [0.29, 0.717) is 5.75 Å². The van der Waals surface area contributed by atoms with E-state index in [1.165, 1.54) is 6.92 Å². The second-order valence-corrected chi connectivity index (χ2v) is 6.95. The Morgan fingerprint density at radius 1 is 0.957 bits per heavy atom. The lowest BCUT2D eigenvalue weighted by molar-refractivity contribution is -0.131. The lowest BCUT2D eigenvalue weighted by Crippen LogP contribution is -2.41. The molecule has 0 aliphatic carbocycles. The van der Waals surface area contributed by atoms with Gasteiger partial charge in [-0.2, -0.15) is 0 Å². The molecule has 1 aliphatic heterocycles. The van der Waals surface area contributed by atoms with Crippen molar-refractivity contribution >= 4 is 29.3 Å². The van der Waals surface area contributed by atoms with Gasteiger partial charge in [0.1, 0.15) is 5.75 Å². The number of ether oxygens (including phenoxy) is 1. The molecule has 0 aromatic heterocycles. The first kappa shape index (κ1) is 16.0. The summed E-state index contributed by atoms with van der Waals surface area (Å²) in [7, 11) is -0.377. The van der Waals surface area contributed by atoms with Crippen LogP contribution in [-0.4, -0.2) is 24.3 Å². The SMILES string of the molecule is CC(=O)Oc1ccc2cc(B3OC(C)(C)C(C)(C)O3)ccc2c1. The molecule has 1 saturated heterocycles. The fourth-order valence-electron chi connectivity index (χ4n) is 2.60. The Morgan fingerprint density at radius 2 is 1.52 bits per heavy atom. The molecule has 3 rings (SSSR count). The molecule has 2 aromatic carbocycles. The first-order valence-corrected chi connectivity index (χ1v) is 7.76. The summed E-state index contributed by atoms with van der Waals surface area (Å²) in [5, 5.41) is 2.05. The van der Waals surface area contributed by atoms with Gasteiger partial charge in [-0.25, -0.2) is 0 Å². The Kier molecular flexibility index (Phi) is 3.73. The second-order valence-electron chi connectivity index (χ2n) is 6.95. The summed E-state index contributed by atoms with van der Waals surface area (Å²) in [4.78, 5) is 11.0. The number of fused-ring (bicyclic) bond motifs is 1. The van der Waals surface area contributed by atoms with Gasteiger partial charge < -0.3 is 14.0 Å². The van der Waals surface area contributed by atoms with Crippen molar-refractivity contribution in [2.75, 3.05) is 0 Å². The molecular formula is C18H21BO4. The van der Waals surface area contributed by atoms with Crippen molar-refractivity contribution in [1.29, 1.82) is 0 Å². The Labute approximate surface area is 136 Å². The number of benzene rings is 2. The maximum absolute atomic E-state index is 11.0. The topological polar surface area (TPSA) is 44.8 Å². The Morgan fingerprint density at radius 3 is 2.13 bits per heavy atom. The van der Waals surface area contributed by atoms with Crippen molar-refractivity contribution in [3.63, 3.8) is 0 Å². The standard InChI is InChI=1S/C18H21BO4/c1-12(20)21-16-9-7-13-10-15(8-6-14(13)11-16)19-22-17(2,3)18(4,5)23-19/h6-11H,1-5H3. The van der Waals surface area contributed by atoms with Crippen molar-refractivity contribution in [3.05, 3.63) is 36.4 Å². The summed E-state index contributed by atoms with van der Waals surface area (Å²) in [5.41, 5.74) is 0.272. The number of carbonyl (C=O) groups is 1. The zero-order valence-corrected chi connectivity index (χ0v) is 14.2. The van der Waals surface area contributed by atoms with E-state index < -0.39 is 0 Å². The summed E-state index contributed by atoms with van der Waals surface area (Å²) in [6.45, 7) is 9.56. The van der Waals surface area contributed by atoms with Crippen LogP contribution >= 0.6 is 0 Å². The van der Waals surface area contributed by atoms with E-state index in [-0.39, 0.29) is 24.3 Å². The van der Waals surface area contributed by atoms with E-state index in [1.54, 1.807) is 6.07 Å². The van der Waals surface area contributed by atoms with Crippen LogP contribution in [0.4, 0.5) is 0 Å². The normalized spacial score (nSPS) is 19.1. The second kappa shape index (κ2) is 5.36. The zero-order valence-electron chi connectivity index (χ0n) is 14.2. The molecule has 4 nitrogen and oxygen atoms in total. The van der Waals surface area contributed by atoms with Gasteiger partial charge in [0, 0.05) is 6.92 Å². The minimum absolute atomic E-state index is 0.321. The van der Waals surface area contributed by atoms with E-state index in [2.05, 4.69) is 6.07 Å². The Hall–Kier alpha value is -1.85. The van der Waals surface area contributed by atoms with Crippen molar-refractivity contribution in [3.8, 4) is 5.75 Å². The third-order valence-electron chi connectivity index (χ3n) is 4.62. The van der Waals surface area contributed by atoms with E-state index >= 15 is 0 Å². The van der Waals surface area contributed by atoms with Gasteiger partial charge >= 0.3 is 13.1 Å². The van der Waals surface area contributed by atoms with Gasteiger partial charge in [0.15, 0.2) is 0 Å². The Bertz CT molecular complexity index is 751. The van der Waals surface area contributed by atoms with Gasteiger partial charge in [-0.15, -0.1) is 0 Å². The molecule has 23 heavy (non-hydrogen) atoms. The third-order valence-corrected chi connectivity index (χ3v) is 4.62. The maximum atomic E-state index is 11.0. The minimum atomic E-state index is -0.377. The number of hydrogen-bond donors (Lipinski definition) is 0. The maximum Gasteiger partial charge on any atom is 0.494 e. The van der Waals surface area contributed by atoms with Gasteiger partial charge in [0.2, 0.25) is 0 Å². The fraction of sp³-hybridized carbons (Fsp3) is 0.389. The highest BCUT2D eigenvalue weighted by molar-refractivity contribution is 6.62. The van der Waals surface area contributed by atoms with Crippen molar-refractivity contribution in [2.24, 2.45) is 0 Å². The molecule has 1 aliphatic rings. The molecular weight excluding hydrogens is 291 g/mol. The zero-order chi connectivity index (χ0) is 16.8. The lowest BCUT2D eigenvalue weighted by atomic mass is 9.78. The van der Waals surface area contributed by atoms with Gasteiger partial charge in [0.05, 0.1) is 11.2 Å². The van der Waals surface area contributed by atoms with Crippen molar-refractivity contribution in [2.45, 2.75) is 45.8 Å². The van der Waals surface area contributed by atoms with Gasteiger partial charge in [-0.3, -0.25) is 4.79 Å². The van der Waals surface area contributed by atoms with Crippen LogP contribution in [0.25, 0.3) is 10.8 Å². The first-order valence-electron chi connectivity index (χ1n) is 7.76. The summed E-state index contributed by atoms with van der Waals surface area (Å²) in [6.07, 6.45) is 0. The molecule has 5 heteroatoms. The summed E-state index contributed by atoms with van der Waals surface area (Å²) < 4.78 is 17.3. The number of rotatable bonds is 2. The van der Waals surface area contributed by atoms with Gasteiger partial charge in [-0.1, -0.05) is 24.3 Å². The fourth-order valence-corrected chi connectivity index (χ4v) is 2.60. The molecule has 1 fully saturated rings. The van der Waals surface area contributed by atoms with E-state index in [4.69, 9.17) is 14.0 Å². The van der Waals surface area contributed by atoms with Crippen LogP contribution in [-0.2, 0) is 14.1 Å². The predicted molar refractivity (Wildman–Crippen MR) is 91.0 cm³/mol. The molecule has 0 bridgehead atoms. The molecule has 120 valence electrons. The van der Waals surface area contributed by atoms with Crippen molar-refractivity contribution < 1.29 is 18.8 Å². The molecule has 1 heterocycles. The van der Waals surface area contributed by atoms with Crippen LogP contribution < -0.4 is 10.2 Å². The average Bonchev–Trinajstić information content (AvgIpc) is 2.66. The highest BCUT2D eigenvalue weighted by Gasteiger charge is 2.51. The van der Waals surface area contributed by atoms with E-state index in [9.17, 15) is 4.79 Å². The Balaban J connectivity index is 1.91. The molecule has 0 amide bonds. The van der Waals surface area contributed by atoms with E-state index in [1.807, 2.05) is 52.0 Å². The van der Waals surface area contributed by atoms with Crippen LogP contribution in [0.1, 0.15) is 34.6 Å². The van der Waals surface area contributed by atoms with E-state index in [0.717, 1.165) is 16.2 Å². The smallest absolute Gasteiger partial charge is 0.427 e. The summed E-state index contributed by atoms with van der Waals surface area (Å²) in [6, 6.07) is 11.6. The molecule has 0 spiro atoms. The molecule has 0 saturated carbocycles. The summed E-state index contributed by atoms with van der Waals surface area (Å²) in [5.74, 6) is 0.228. The number of esters is 1. The largest absolute Gasteiger partial charge is 0.494 e. The molecule has 2 aromatic rings. The third kappa shape index (κ3) is 2.99. The summed E-state index contributed by atoms with van der Waals surface area (Å²) >= 11 is 0. The lowest BCUT2D eigenvalue weighted by Gasteiger charge is -2.32. The van der Waals surface area contributed by atoms with Crippen LogP contribution in [0.3, 0.4) is 0 Å². The van der Waals surface area contributed by atoms with Crippen LogP contribution in [0.2, 0.25) is 0 Å². The quantitative estimate of drug-likeness (QED) is 0.486.